The van der Waals surface area contributed by atoms with Gasteiger partial charge in [-0.25, -0.2) is 0 Å². The van der Waals surface area contributed by atoms with Crippen LogP contribution < -0.4 is 5.32 Å². The zero-order valence-corrected chi connectivity index (χ0v) is 11.0. The number of hydrogen-bond acceptors (Lipinski definition) is 3. The number of aryl methyl sites for hydroxylation is 2. The highest BCUT2D eigenvalue weighted by molar-refractivity contribution is 7.12. The van der Waals surface area contributed by atoms with Crippen molar-refractivity contribution < 1.29 is 14.7 Å². The summed E-state index contributed by atoms with van der Waals surface area (Å²) < 4.78 is 0. The van der Waals surface area contributed by atoms with E-state index in [1.807, 2.05) is 6.07 Å². The van der Waals surface area contributed by atoms with Crippen molar-refractivity contribution in [2.75, 3.05) is 5.32 Å². The topological polar surface area (TPSA) is 66.4 Å². The fraction of sp³-hybridized carbons (Fsp3) is 0.538. The van der Waals surface area contributed by atoms with E-state index in [4.69, 9.17) is 5.11 Å². The Kier molecular flexibility index (Phi) is 4.36. The molecule has 0 fully saturated rings. The van der Waals surface area contributed by atoms with E-state index in [0.29, 0.717) is 12.8 Å². The van der Waals surface area contributed by atoms with Crippen LogP contribution >= 0.6 is 11.3 Å². The number of carboxylic acid groups (broad SMARTS) is 1. The van der Waals surface area contributed by atoms with Gasteiger partial charge in [-0.15, -0.1) is 11.3 Å². The highest BCUT2D eigenvalue weighted by Crippen LogP contribution is 2.31. The van der Waals surface area contributed by atoms with Crippen LogP contribution in [0.15, 0.2) is 6.07 Å². The fourth-order valence-corrected chi connectivity index (χ4v) is 3.30. The summed E-state index contributed by atoms with van der Waals surface area (Å²) in [5.74, 6) is -0.631. The molecule has 0 atom stereocenters. The molecule has 1 aliphatic heterocycles. The van der Waals surface area contributed by atoms with Gasteiger partial charge in [-0.1, -0.05) is 0 Å². The summed E-state index contributed by atoms with van der Waals surface area (Å²) in [5.41, 5.74) is 0.968. The Labute approximate surface area is 110 Å². The monoisotopic (exact) mass is 267 g/mol. The van der Waals surface area contributed by atoms with E-state index >= 15 is 0 Å². The Balaban J connectivity index is 1.89. The van der Waals surface area contributed by atoms with Crippen molar-refractivity contribution in [1.29, 1.82) is 0 Å². The summed E-state index contributed by atoms with van der Waals surface area (Å²) in [6.45, 7) is 0. The second kappa shape index (κ2) is 6.00. The lowest BCUT2D eigenvalue weighted by atomic mass is 10.1. The number of fused-ring (bicyclic) bond motifs is 1. The molecule has 2 rings (SSSR count). The molecular weight excluding hydrogens is 250 g/mol. The smallest absolute Gasteiger partial charge is 0.303 e. The van der Waals surface area contributed by atoms with E-state index < -0.39 is 5.97 Å². The van der Waals surface area contributed by atoms with Gasteiger partial charge < -0.3 is 10.4 Å². The minimum atomic E-state index is -0.732. The average Bonchev–Trinajstić information content (AvgIpc) is 2.59. The predicted octanol–water partition coefficient (Wildman–Crippen LogP) is 2.82. The Morgan fingerprint density at radius 1 is 1.39 bits per heavy atom. The van der Waals surface area contributed by atoms with Gasteiger partial charge in [0.15, 0.2) is 0 Å². The van der Waals surface area contributed by atoms with E-state index in [1.54, 1.807) is 11.3 Å². The molecule has 5 heteroatoms. The standard InChI is InChI=1S/C13H17NO3S/c15-12-6-3-5-11-10(14-12)8-9(18-11)4-1-2-7-13(16)17/h8H,1-7H2,(H,14,15)(H,16,17). The van der Waals surface area contributed by atoms with Crippen LogP contribution in [0.1, 0.15) is 41.9 Å². The van der Waals surface area contributed by atoms with Crippen LogP contribution in [0.3, 0.4) is 0 Å². The molecule has 0 spiro atoms. The van der Waals surface area contributed by atoms with E-state index in [1.165, 1.54) is 9.75 Å². The molecule has 0 unspecified atom stereocenters. The number of amides is 1. The lowest BCUT2D eigenvalue weighted by molar-refractivity contribution is -0.137. The Hall–Kier alpha value is -1.36. The largest absolute Gasteiger partial charge is 0.481 e. The molecule has 0 aromatic carbocycles. The van der Waals surface area contributed by atoms with Crippen molar-refractivity contribution in [2.45, 2.75) is 44.9 Å². The Morgan fingerprint density at radius 3 is 3.00 bits per heavy atom. The number of nitrogens with one attached hydrogen (secondary N) is 1. The third-order valence-corrected chi connectivity index (χ3v) is 4.26. The summed E-state index contributed by atoms with van der Waals surface area (Å²) >= 11 is 1.75. The number of carbonyl (C=O) groups is 2. The maximum Gasteiger partial charge on any atom is 0.303 e. The summed E-state index contributed by atoms with van der Waals surface area (Å²) in [7, 11) is 0. The number of rotatable bonds is 5. The van der Waals surface area contributed by atoms with Crippen LogP contribution in [0.2, 0.25) is 0 Å². The van der Waals surface area contributed by atoms with Crippen molar-refractivity contribution in [3.8, 4) is 0 Å². The van der Waals surface area contributed by atoms with Crippen molar-refractivity contribution in [2.24, 2.45) is 0 Å². The average molecular weight is 267 g/mol. The summed E-state index contributed by atoms with van der Waals surface area (Å²) in [5, 5.41) is 11.5. The molecular formula is C13H17NO3S. The molecule has 0 aliphatic carbocycles. The molecule has 0 bridgehead atoms. The van der Waals surface area contributed by atoms with Crippen LogP contribution in [0.4, 0.5) is 5.69 Å². The number of carboxylic acids is 1. The van der Waals surface area contributed by atoms with E-state index in [2.05, 4.69) is 5.32 Å². The minimum absolute atomic E-state index is 0.101. The number of anilines is 1. The first-order chi connectivity index (χ1) is 8.65. The minimum Gasteiger partial charge on any atom is -0.481 e. The normalized spacial score (nSPS) is 14.8. The zero-order chi connectivity index (χ0) is 13.0. The highest BCUT2D eigenvalue weighted by atomic mass is 32.1. The van der Waals surface area contributed by atoms with Gasteiger partial charge in [0.05, 0.1) is 5.69 Å². The van der Waals surface area contributed by atoms with Gasteiger partial charge in [0.1, 0.15) is 0 Å². The van der Waals surface area contributed by atoms with Crippen molar-refractivity contribution in [1.82, 2.24) is 0 Å². The third kappa shape index (κ3) is 3.57. The van der Waals surface area contributed by atoms with Crippen LogP contribution in [-0.2, 0) is 22.4 Å². The molecule has 1 aliphatic rings. The van der Waals surface area contributed by atoms with Crippen molar-refractivity contribution in [3.05, 3.63) is 15.8 Å². The second-order valence-electron chi connectivity index (χ2n) is 4.55. The van der Waals surface area contributed by atoms with Gasteiger partial charge in [0.2, 0.25) is 5.91 Å². The summed E-state index contributed by atoms with van der Waals surface area (Å²) in [6.07, 6.45) is 5.23. The van der Waals surface area contributed by atoms with Gasteiger partial charge in [-0.2, -0.15) is 0 Å². The van der Waals surface area contributed by atoms with Gasteiger partial charge in [0, 0.05) is 22.6 Å². The van der Waals surface area contributed by atoms with Gasteiger partial charge in [-0.05, 0) is 38.2 Å². The number of carbonyl (C=O) groups excluding carboxylic acids is 1. The SMILES string of the molecule is O=C(O)CCCCc1cc2c(s1)CCCC(=O)N2. The number of unbranched alkanes of at least 4 members (excludes halogenated alkanes) is 1. The molecule has 0 saturated heterocycles. The maximum atomic E-state index is 11.4. The van der Waals surface area contributed by atoms with Crippen LogP contribution in [-0.4, -0.2) is 17.0 Å². The zero-order valence-electron chi connectivity index (χ0n) is 10.2. The Morgan fingerprint density at radius 2 is 2.22 bits per heavy atom. The fourth-order valence-electron chi connectivity index (χ4n) is 2.10. The van der Waals surface area contributed by atoms with E-state index in [9.17, 15) is 9.59 Å². The first-order valence-electron chi connectivity index (χ1n) is 6.28. The molecule has 0 radical (unpaired) electrons. The van der Waals surface area contributed by atoms with Crippen LogP contribution in [0.5, 0.6) is 0 Å². The van der Waals surface area contributed by atoms with Crippen LogP contribution in [0.25, 0.3) is 0 Å². The molecule has 1 aromatic rings. The maximum absolute atomic E-state index is 11.4. The molecule has 18 heavy (non-hydrogen) atoms. The number of hydrogen-bond donors (Lipinski definition) is 2. The molecule has 2 heterocycles. The molecule has 0 saturated carbocycles. The Bertz CT molecular complexity index is 453. The molecule has 4 nitrogen and oxygen atoms in total. The second-order valence-corrected chi connectivity index (χ2v) is 5.77. The molecule has 98 valence electrons. The molecule has 1 aromatic heterocycles. The lowest BCUT2D eigenvalue weighted by Crippen LogP contribution is -2.08. The quantitative estimate of drug-likeness (QED) is 0.806. The van der Waals surface area contributed by atoms with Gasteiger partial charge >= 0.3 is 5.97 Å². The highest BCUT2D eigenvalue weighted by Gasteiger charge is 2.15. The number of thiophene rings is 1. The third-order valence-electron chi connectivity index (χ3n) is 3.01. The van der Waals surface area contributed by atoms with Crippen LogP contribution in [0, 0.1) is 0 Å². The van der Waals surface area contributed by atoms with E-state index in [-0.39, 0.29) is 12.3 Å². The first kappa shape index (κ1) is 13.1. The van der Waals surface area contributed by atoms with Crippen molar-refractivity contribution in [3.63, 3.8) is 0 Å². The van der Waals surface area contributed by atoms with Crippen molar-refractivity contribution >= 4 is 28.9 Å². The molecule has 2 N–H and O–H groups in total. The summed E-state index contributed by atoms with van der Waals surface area (Å²) in [4.78, 5) is 24.3. The molecule has 1 amide bonds. The van der Waals surface area contributed by atoms with Gasteiger partial charge in [0.25, 0.3) is 0 Å². The van der Waals surface area contributed by atoms with E-state index in [0.717, 1.165) is 31.4 Å². The summed E-state index contributed by atoms with van der Waals surface area (Å²) in [6, 6.07) is 2.05. The first-order valence-corrected chi connectivity index (χ1v) is 7.10. The predicted molar refractivity (Wildman–Crippen MR) is 71.1 cm³/mol. The number of aliphatic carboxylic acids is 1. The van der Waals surface area contributed by atoms with Gasteiger partial charge in [-0.3, -0.25) is 9.59 Å². The lowest BCUT2D eigenvalue weighted by Gasteiger charge is -1.98.